The Hall–Kier alpha value is -1.26. The minimum atomic E-state index is -0.502. The number of nitrogens with one attached hydrogen (secondary N) is 1. The zero-order valence-corrected chi connectivity index (χ0v) is 14.2. The summed E-state index contributed by atoms with van der Waals surface area (Å²) in [7, 11) is 0. The third kappa shape index (κ3) is 6.82. The summed E-state index contributed by atoms with van der Waals surface area (Å²) in [5.74, 6) is 0.911. The number of nitrogens with zero attached hydrogens (tertiary/aromatic N) is 1. The minimum absolute atomic E-state index is 0.0280. The van der Waals surface area contributed by atoms with Crippen molar-refractivity contribution in [2.45, 2.75) is 66.0 Å². The van der Waals surface area contributed by atoms with Gasteiger partial charge in [0.05, 0.1) is 6.04 Å². The number of hydrogen-bond acceptors (Lipinski definition) is 3. The number of carbonyl (C=O) groups excluding carboxylic acids is 2. The molecule has 0 bridgehead atoms. The van der Waals surface area contributed by atoms with E-state index in [0.29, 0.717) is 24.8 Å². The molecule has 5 heteroatoms. The minimum Gasteiger partial charge on any atom is -0.444 e. The summed E-state index contributed by atoms with van der Waals surface area (Å²) in [5, 5.41) is 2.89. The summed E-state index contributed by atoms with van der Waals surface area (Å²) in [6.07, 6.45) is 1.04. The van der Waals surface area contributed by atoms with Gasteiger partial charge in [-0.1, -0.05) is 20.8 Å². The molecule has 2 unspecified atom stereocenters. The number of alkyl carbamates (subject to hydrolysis) is 1. The van der Waals surface area contributed by atoms with Gasteiger partial charge in [0.15, 0.2) is 0 Å². The second-order valence-corrected chi connectivity index (χ2v) is 7.58. The first kappa shape index (κ1) is 17.8. The maximum atomic E-state index is 12.2. The van der Waals surface area contributed by atoms with E-state index in [1.807, 2.05) is 39.5 Å². The van der Waals surface area contributed by atoms with Crippen molar-refractivity contribution in [1.82, 2.24) is 10.2 Å². The molecule has 1 N–H and O–H groups in total. The number of hydrogen-bond donors (Lipinski definition) is 1. The van der Waals surface area contributed by atoms with Gasteiger partial charge >= 0.3 is 6.09 Å². The van der Waals surface area contributed by atoms with Gasteiger partial charge in [-0.15, -0.1) is 0 Å². The Morgan fingerprint density at radius 1 is 1.29 bits per heavy atom. The largest absolute Gasteiger partial charge is 0.444 e. The SMILES string of the molecule is CC(C)CC(=O)N1CC(C)CC(NC(=O)OC(C)(C)C)C1. The summed E-state index contributed by atoms with van der Waals surface area (Å²) < 4.78 is 5.28. The van der Waals surface area contributed by atoms with Crippen molar-refractivity contribution in [3.05, 3.63) is 0 Å². The number of ether oxygens (including phenoxy) is 1. The van der Waals surface area contributed by atoms with Crippen LogP contribution in [0.3, 0.4) is 0 Å². The van der Waals surface area contributed by atoms with Crippen molar-refractivity contribution in [1.29, 1.82) is 0 Å². The number of amides is 2. The maximum absolute atomic E-state index is 12.2. The van der Waals surface area contributed by atoms with Gasteiger partial charge in [0.1, 0.15) is 5.60 Å². The molecule has 0 aromatic rings. The summed E-state index contributed by atoms with van der Waals surface area (Å²) in [5.41, 5.74) is -0.502. The Morgan fingerprint density at radius 2 is 1.90 bits per heavy atom. The predicted molar refractivity (Wildman–Crippen MR) is 83.0 cm³/mol. The van der Waals surface area contributed by atoms with Crippen LogP contribution in [0, 0.1) is 11.8 Å². The first-order valence-electron chi connectivity index (χ1n) is 7.84. The van der Waals surface area contributed by atoms with E-state index in [0.717, 1.165) is 13.0 Å². The predicted octanol–water partition coefficient (Wildman–Crippen LogP) is 2.79. The van der Waals surface area contributed by atoms with Crippen molar-refractivity contribution >= 4 is 12.0 Å². The summed E-state index contributed by atoms with van der Waals surface area (Å²) in [6.45, 7) is 13.1. The molecule has 0 aliphatic carbocycles. The van der Waals surface area contributed by atoms with Crippen LogP contribution in [-0.2, 0) is 9.53 Å². The topological polar surface area (TPSA) is 58.6 Å². The fourth-order valence-corrected chi connectivity index (χ4v) is 2.61. The molecule has 0 aromatic heterocycles. The fraction of sp³-hybridized carbons (Fsp3) is 0.875. The standard InChI is InChI=1S/C16H30N2O3/c1-11(2)7-14(19)18-9-12(3)8-13(10-18)17-15(20)21-16(4,5)6/h11-13H,7-10H2,1-6H3,(H,17,20). The molecule has 5 nitrogen and oxygen atoms in total. The molecule has 0 radical (unpaired) electrons. The molecule has 2 atom stereocenters. The second-order valence-electron chi connectivity index (χ2n) is 7.58. The van der Waals surface area contributed by atoms with Gasteiger partial charge in [-0.05, 0) is 39.0 Å². The molecule has 2 amide bonds. The molecule has 122 valence electrons. The lowest BCUT2D eigenvalue weighted by Crippen LogP contribution is -2.53. The molecule has 1 aliphatic heterocycles. The normalized spacial score (nSPS) is 23.1. The molecular weight excluding hydrogens is 268 g/mol. The van der Waals surface area contributed by atoms with Crippen LogP contribution in [0.2, 0.25) is 0 Å². The summed E-state index contributed by atoms with van der Waals surface area (Å²) in [4.78, 5) is 25.9. The summed E-state index contributed by atoms with van der Waals surface area (Å²) in [6, 6.07) is -0.0280. The molecular formula is C16H30N2O3. The molecule has 0 spiro atoms. The van der Waals surface area contributed by atoms with Crippen LogP contribution >= 0.6 is 0 Å². The zero-order chi connectivity index (χ0) is 16.2. The van der Waals surface area contributed by atoms with Gasteiger partial charge in [-0.25, -0.2) is 4.79 Å². The molecule has 1 heterocycles. The number of carbonyl (C=O) groups is 2. The van der Waals surface area contributed by atoms with Gasteiger partial charge < -0.3 is 15.0 Å². The monoisotopic (exact) mass is 298 g/mol. The zero-order valence-electron chi connectivity index (χ0n) is 14.2. The van der Waals surface area contributed by atoms with Gasteiger partial charge in [0, 0.05) is 19.5 Å². The van der Waals surface area contributed by atoms with E-state index < -0.39 is 11.7 Å². The lowest BCUT2D eigenvalue weighted by atomic mass is 9.95. The first-order chi connectivity index (χ1) is 9.56. The van der Waals surface area contributed by atoms with Crippen LogP contribution in [0.15, 0.2) is 0 Å². The third-order valence-electron chi connectivity index (χ3n) is 3.32. The van der Waals surface area contributed by atoms with E-state index in [-0.39, 0.29) is 11.9 Å². The smallest absolute Gasteiger partial charge is 0.407 e. The van der Waals surface area contributed by atoms with Crippen molar-refractivity contribution in [2.75, 3.05) is 13.1 Å². The van der Waals surface area contributed by atoms with Crippen LogP contribution in [0.5, 0.6) is 0 Å². The van der Waals surface area contributed by atoms with Crippen LogP contribution in [0.4, 0.5) is 4.79 Å². The summed E-state index contributed by atoms with van der Waals surface area (Å²) >= 11 is 0. The number of likely N-dealkylation sites (tertiary alicyclic amines) is 1. The van der Waals surface area contributed by atoms with E-state index in [9.17, 15) is 9.59 Å². The van der Waals surface area contributed by atoms with E-state index in [2.05, 4.69) is 12.2 Å². The second kappa shape index (κ2) is 7.14. The average molecular weight is 298 g/mol. The van der Waals surface area contributed by atoms with Crippen molar-refractivity contribution in [3.63, 3.8) is 0 Å². The van der Waals surface area contributed by atoms with Gasteiger partial charge in [0.2, 0.25) is 5.91 Å². The highest BCUT2D eigenvalue weighted by Crippen LogP contribution is 2.19. The van der Waals surface area contributed by atoms with Crippen LogP contribution in [0.1, 0.15) is 54.4 Å². The number of rotatable bonds is 3. The van der Waals surface area contributed by atoms with Crippen LogP contribution < -0.4 is 5.32 Å². The Morgan fingerprint density at radius 3 is 2.43 bits per heavy atom. The molecule has 1 rings (SSSR count). The maximum Gasteiger partial charge on any atom is 0.407 e. The lowest BCUT2D eigenvalue weighted by molar-refractivity contribution is -0.134. The van der Waals surface area contributed by atoms with Crippen molar-refractivity contribution in [3.8, 4) is 0 Å². The third-order valence-corrected chi connectivity index (χ3v) is 3.32. The van der Waals surface area contributed by atoms with E-state index >= 15 is 0 Å². The van der Waals surface area contributed by atoms with Gasteiger partial charge in [-0.3, -0.25) is 4.79 Å². The Kier molecular flexibility index (Phi) is 6.05. The molecule has 0 saturated carbocycles. The lowest BCUT2D eigenvalue weighted by Gasteiger charge is -2.37. The van der Waals surface area contributed by atoms with E-state index in [1.54, 1.807) is 0 Å². The highest BCUT2D eigenvalue weighted by atomic mass is 16.6. The average Bonchev–Trinajstić information content (AvgIpc) is 2.23. The van der Waals surface area contributed by atoms with Crippen molar-refractivity contribution < 1.29 is 14.3 Å². The van der Waals surface area contributed by atoms with E-state index in [4.69, 9.17) is 4.74 Å². The van der Waals surface area contributed by atoms with Crippen LogP contribution in [-0.4, -0.2) is 41.6 Å². The highest BCUT2D eigenvalue weighted by molar-refractivity contribution is 5.76. The molecule has 0 aromatic carbocycles. The van der Waals surface area contributed by atoms with Crippen LogP contribution in [0.25, 0.3) is 0 Å². The number of piperidine rings is 1. The fourth-order valence-electron chi connectivity index (χ4n) is 2.61. The van der Waals surface area contributed by atoms with Gasteiger partial charge in [-0.2, -0.15) is 0 Å². The molecule has 1 fully saturated rings. The molecule has 1 aliphatic rings. The quantitative estimate of drug-likeness (QED) is 0.871. The molecule has 1 saturated heterocycles. The Bertz CT molecular complexity index is 374. The highest BCUT2D eigenvalue weighted by Gasteiger charge is 2.30. The Labute approximate surface area is 128 Å². The Balaban J connectivity index is 2.56. The van der Waals surface area contributed by atoms with Gasteiger partial charge in [0.25, 0.3) is 0 Å². The van der Waals surface area contributed by atoms with E-state index in [1.165, 1.54) is 0 Å². The van der Waals surface area contributed by atoms with Crippen molar-refractivity contribution in [2.24, 2.45) is 11.8 Å². The molecule has 21 heavy (non-hydrogen) atoms. The first-order valence-corrected chi connectivity index (χ1v) is 7.84.